The molecule has 4 N–H and O–H groups in total. The number of H-pyrrole nitrogens is 1. The minimum atomic E-state index is -1.44. The van der Waals surface area contributed by atoms with Gasteiger partial charge in [-0.15, -0.1) is 5.10 Å². The summed E-state index contributed by atoms with van der Waals surface area (Å²) in [6.45, 7) is 1.35. The van der Waals surface area contributed by atoms with E-state index >= 15 is 0 Å². The largest absolute Gasteiger partial charge is 0.394 e. The van der Waals surface area contributed by atoms with Crippen molar-refractivity contribution in [3.63, 3.8) is 0 Å². The SMILES string of the molecule is CCc1cn(-c2cn(C3OC(CO)C(O)C3O)c(=O)[nH]c2=O)nn1. The molecular weight excluding hydrogens is 322 g/mol. The van der Waals surface area contributed by atoms with Crippen LogP contribution in [0.5, 0.6) is 0 Å². The third-order valence-electron chi connectivity index (χ3n) is 3.89. The summed E-state index contributed by atoms with van der Waals surface area (Å²) in [5, 5.41) is 36.7. The summed E-state index contributed by atoms with van der Waals surface area (Å²) in [6.07, 6.45) is -1.78. The number of hydrogen-bond acceptors (Lipinski definition) is 8. The molecule has 3 heterocycles. The van der Waals surface area contributed by atoms with E-state index in [0.717, 1.165) is 10.8 Å². The number of aryl methyl sites for hydroxylation is 1. The lowest BCUT2D eigenvalue weighted by atomic mass is 10.1. The molecule has 4 atom stereocenters. The molecule has 0 spiro atoms. The van der Waals surface area contributed by atoms with Crippen LogP contribution in [0.2, 0.25) is 0 Å². The van der Waals surface area contributed by atoms with Crippen LogP contribution in [-0.2, 0) is 11.2 Å². The highest BCUT2D eigenvalue weighted by atomic mass is 16.6. The Bertz CT molecular complexity index is 842. The highest BCUT2D eigenvalue weighted by molar-refractivity contribution is 5.24. The van der Waals surface area contributed by atoms with Gasteiger partial charge in [0.05, 0.1) is 18.5 Å². The Balaban J connectivity index is 2.05. The fourth-order valence-electron chi connectivity index (χ4n) is 2.51. The van der Waals surface area contributed by atoms with Crippen LogP contribution < -0.4 is 11.2 Å². The van der Waals surface area contributed by atoms with E-state index in [-0.39, 0.29) is 5.69 Å². The normalized spacial score (nSPS) is 26.8. The Morgan fingerprint density at radius 3 is 2.62 bits per heavy atom. The van der Waals surface area contributed by atoms with Crippen LogP contribution in [0.15, 0.2) is 22.0 Å². The Labute approximate surface area is 134 Å². The van der Waals surface area contributed by atoms with Gasteiger partial charge in [-0.2, -0.15) is 0 Å². The first-order valence-electron chi connectivity index (χ1n) is 7.35. The van der Waals surface area contributed by atoms with Crippen LogP contribution in [0, 0.1) is 0 Å². The monoisotopic (exact) mass is 339 g/mol. The van der Waals surface area contributed by atoms with Gasteiger partial charge in [-0.25, -0.2) is 9.48 Å². The average molecular weight is 339 g/mol. The van der Waals surface area contributed by atoms with Crippen molar-refractivity contribution in [2.24, 2.45) is 0 Å². The molecule has 4 unspecified atom stereocenters. The van der Waals surface area contributed by atoms with E-state index in [1.807, 2.05) is 6.92 Å². The number of aromatic amines is 1. The molecule has 1 aliphatic rings. The quantitative estimate of drug-likeness (QED) is 0.468. The van der Waals surface area contributed by atoms with Gasteiger partial charge < -0.3 is 20.1 Å². The maximum atomic E-state index is 12.0. The Morgan fingerprint density at radius 2 is 2.04 bits per heavy atom. The number of rotatable bonds is 4. The molecule has 3 rings (SSSR count). The van der Waals surface area contributed by atoms with Gasteiger partial charge in [-0.3, -0.25) is 14.3 Å². The molecule has 0 saturated carbocycles. The van der Waals surface area contributed by atoms with Crippen molar-refractivity contribution >= 4 is 0 Å². The second-order valence-electron chi connectivity index (χ2n) is 5.42. The van der Waals surface area contributed by atoms with Crippen molar-refractivity contribution < 1.29 is 20.1 Å². The summed E-state index contributed by atoms with van der Waals surface area (Å²) in [6, 6.07) is 0. The highest BCUT2D eigenvalue weighted by Gasteiger charge is 2.43. The van der Waals surface area contributed by atoms with Crippen molar-refractivity contribution in [1.29, 1.82) is 0 Å². The highest BCUT2D eigenvalue weighted by Crippen LogP contribution is 2.28. The molecule has 2 aromatic rings. The number of nitrogens with zero attached hydrogens (tertiary/aromatic N) is 4. The molecule has 11 nitrogen and oxygen atoms in total. The number of nitrogens with one attached hydrogen (secondary N) is 1. The molecule has 11 heteroatoms. The average Bonchev–Trinajstić information content (AvgIpc) is 3.14. The van der Waals surface area contributed by atoms with Crippen LogP contribution in [0.25, 0.3) is 5.69 Å². The van der Waals surface area contributed by atoms with Gasteiger partial charge in [0.15, 0.2) is 6.23 Å². The lowest BCUT2D eigenvalue weighted by Gasteiger charge is -2.17. The predicted molar refractivity (Wildman–Crippen MR) is 78.6 cm³/mol. The molecule has 2 aromatic heterocycles. The van der Waals surface area contributed by atoms with Crippen LogP contribution in [0.3, 0.4) is 0 Å². The fourth-order valence-corrected chi connectivity index (χ4v) is 2.51. The molecule has 1 fully saturated rings. The lowest BCUT2D eigenvalue weighted by molar-refractivity contribution is -0.0550. The number of hydrogen-bond donors (Lipinski definition) is 4. The smallest absolute Gasteiger partial charge is 0.330 e. The zero-order valence-corrected chi connectivity index (χ0v) is 12.7. The van der Waals surface area contributed by atoms with Crippen molar-refractivity contribution in [1.82, 2.24) is 24.5 Å². The maximum absolute atomic E-state index is 12.0. The molecule has 24 heavy (non-hydrogen) atoms. The van der Waals surface area contributed by atoms with E-state index in [9.17, 15) is 19.8 Å². The molecule has 1 aliphatic heterocycles. The van der Waals surface area contributed by atoms with Crippen molar-refractivity contribution in [3.05, 3.63) is 38.9 Å². The second kappa shape index (κ2) is 6.28. The van der Waals surface area contributed by atoms with E-state index in [0.29, 0.717) is 12.1 Å². The number of aliphatic hydroxyl groups excluding tert-OH is 3. The lowest BCUT2D eigenvalue weighted by Crippen LogP contribution is -2.39. The van der Waals surface area contributed by atoms with Crippen LogP contribution >= 0.6 is 0 Å². The molecule has 0 bridgehead atoms. The van der Waals surface area contributed by atoms with Gasteiger partial charge in [0.1, 0.15) is 24.0 Å². The number of ether oxygens (including phenoxy) is 1. The van der Waals surface area contributed by atoms with E-state index in [1.165, 1.54) is 10.9 Å². The van der Waals surface area contributed by atoms with E-state index in [1.54, 1.807) is 0 Å². The topological polar surface area (TPSA) is 155 Å². The minimum Gasteiger partial charge on any atom is -0.394 e. The summed E-state index contributed by atoms with van der Waals surface area (Å²) in [5.74, 6) is 0. The molecule has 0 aliphatic carbocycles. The fraction of sp³-hybridized carbons (Fsp3) is 0.538. The summed E-state index contributed by atoms with van der Waals surface area (Å²) in [4.78, 5) is 26.2. The zero-order valence-electron chi connectivity index (χ0n) is 12.7. The molecule has 130 valence electrons. The molecular formula is C13H17N5O6. The van der Waals surface area contributed by atoms with E-state index in [4.69, 9.17) is 9.84 Å². The van der Waals surface area contributed by atoms with Gasteiger partial charge in [0.25, 0.3) is 5.56 Å². The third kappa shape index (κ3) is 2.67. The van der Waals surface area contributed by atoms with Crippen LogP contribution in [-0.4, -0.2) is 64.8 Å². The summed E-state index contributed by atoms with van der Waals surface area (Å²) in [7, 11) is 0. The van der Waals surface area contributed by atoms with Gasteiger partial charge in [-0.05, 0) is 6.42 Å². The maximum Gasteiger partial charge on any atom is 0.330 e. The number of aliphatic hydroxyl groups is 3. The summed E-state index contributed by atoms with van der Waals surface area (Å²) >= 11 is 0. The van der Waals surface area contributed by atoms with Gasteiger partial charge in [-0.1, -0.05) is 12.1 Å². The van der Waals surface area contributed by atoms with Crippen LogP contribution in [0.1, 0.15) is 18.8 Å². The standard InChI is InChI=1S/C13H17N5O6/c1-2-6-3-18(16-15-6)7-4-17(13(23)14-11(7)22)12-10(21)9(20)8(5-19)24-12/h3-4,8-10,12,19-21H,2,5H2,1H3,(H,14,22,23). The minimum absolute atomic E-state index is 0.000428. The van der Waals surface area contributed by atoms with Gasteiger partial charge in [0, 0.05) is 6.20 Å². The van der Waals surface area contributed by atoms with Crippen LogP contribution in [0.4, 0.5) is 0 Å². The first kappa shape index (κ1) is 16.5. The zero-order chi connectivity index (χ0) is 17.4. The first-order valence-corrected chi connectivity index (χ1v) is 7.35. The third-order valence-corrected chi connectivity index (χ3v) is 3.89. The van der Waals surface area contributed by atoms with Crippen molar-refractivity contribution in [3.8, 4) is 5.69 Å². The predicted octanol–water partition coefficient (Wildman–Crippen LogP) is -2.71. The first-order chi connectivity index (χ1) is 11.5. The Morgan fingerprint density at radius 1 is 1.29 bits per heavy atom. The Kier molecular flexibility index (Phi) is 4.32. The molecule has 0 amide bonds. The molecule has 1 saturated heterocycles. The second-order valence-corrected chi connectivity index (χ2v) is 5.42. The van der Waals surface area contributed by atoms with E-state index < -0.39 is 42.4 Å². The summed E-state index contributed by atoms with van der Waals surface area (Å²) in [5.41, 5.74) is -0.857. The van der Waals surface area contributed by atoms with E-state index in [2.05, 4.69) is 15.3 Å². The Hall–Kier alpha value is -2.34. The number of aromatic nitrogens is 5. The summed E-state index contributed by atoms with van der Waals surface area (Å²) < 4.78 is 7.45. The van der Waals surface area contributed by atoms with Crippen molar-refractivity contribution in [2.75, 3.05) is 6.61 Å². The van der Waals surface area contributed by atoms with Gasteiger partial charge in [0.2, 0.25) is 0 Å². The molecule has 0 aromatic carbocycles. The van der Waals surface area contributed by atoms with Gasteiger partial charge >= 0.3 is 5.69 Å². The molecule has 0 radical (unpaired) electrons. The van der Waals surface area contributed by atoms with Crippen molar-refractivity contribution in [2.45, 2.75) is 37.9 Å².